The zero-order valence-corrected chi connectivity index (χ0v) is 12.2. The molecule has 0 radical (unpaired) electrons. The quantitative estimate of drug-likeness (QED) is 0.852. The molecule has 1 atom stereocenters. The second-order valence-corrected chi connectivity index (χ2v) is 5.50. The first-order valence-electron chi connectivity index (χ1n) is 7.51. The minimum Gasteiger partial charge on any atom is -0.376 e. The van der Waals surface area contributed by atoms with E-state index in [2.05, 4.69) is 23.3 Å². The lowest BCUT2D eigenvalue weighted by atomic mass is 9.77. The van der Waals surface area contributed by atoms with Gasteiger partial charge in [0.2, 0.25) is 0 Å². The summed E-state index contributed by atoms with van der Waals surface area (Å²) < 4.78 is 6.00. The molecule has 1 aromatic rings. The second-order valence-electron chi connectivity index (χ2n) is 5.50. The van der Waals surface area contributed by atoms with E-state index in [4.69, 9.17) is 4.74 Å². The molecule has 1 unspecified atom stereocenters. The Morgan fingerprint density at radius 2 is 2.16 bits per heavy atom. The van der Waals surface area contributed by atoms with Gasteiger partial charge in [0, 0.05) is 19.5 Å². The molecule has 0 amide bonds. The zero-order valence-electron chi connectivity index (χ0n) is 12.2. The van der Waals surface area contributed by atoms with Crippen LogP contribution in [0.1, 0.15) is 57.1 Å². The van der Waals surface area contributed by atoms with Crippen molar-refractivity contribution >= 4 is 0 Å². The van der Waals surface area contributed by atoms with E-state index in [0.29, 0.717) is 0 Å². The third-order valence-corrected chi connectivity index (χ3v) is 4.25. The molecule has 19 heavy (non-hydrogen) atoms. The summed E-state index contributed by atoms with van der Waals surface area (Å²) in [5.41, 5.74) is 1.19. The summed E-state index contributed by atoms with van der Waals surface area (Å²) >= 11 is 0. The van der Waals surface area contributed by atoms with Gasteiger partial charge >= 0.3 is 0 Å². The van der Waals surface area contributed by atoms with Gasteiger partial charge in [-0.15, -0.1) is 0 Å². The molecule has 106 valence electrons. The molecular weight excluding hydrogens is 236 g/mol. The Kier molecular flexibility index (Phi) is 5.34. The van der Waals surface area contributed by atoms with Gasteiger partial charge in [-0.1, -0.05) is 32.3 Å². The monoisotopic (exact) mass is 262 g/mol. The standard InChI is InChI=1S/C16H26N2O/c1-3-11-18-15(14-8-7-12-17-13-14)16(19-2)9-5-4-6-10-16/h7-8,12-13,15,18H,3-6,9-11H2,1-2H3. The molecule has 0 spiro atoms. The highest BCUT2D eigenvalue weighted by atomic mass is 16.5. The largest absolute Gasteiger partial charge is 0.376 e. The maximum atomic E-state index is 6.00. The van der Waals surface area contributed by atoms with E-state index in [0.717, 1.165) is 25.8 Å². The fourth-order valence-corrected chi connectivity index (χ4v) is 3.20. The van der Waals surface area contributed by atoms with Crippen LogP contribution in [0.25, 0.3) is 0 Å². The Hall–Kier alpha value is -0.930. The van der Waals surface area contributed by atoms with Crippen molar-refractivity contribution in [1.29, 1.82) is 0 Å². The van der Waals surface area contributed by atoms with Crippen LogP contribution in [0.3, 0.4) is 0 Å². The molecule has 0 bridgehead atoms. The van der Waals surface area contributed by atoms with Crippen LogP contribution in [0, 0.1) is 0 Å². The predicted molar refractivity (Wildman–Crippen MR) is 78.1 cm³/mol. The number of rotatable bonds is 6. The van der Waals surface area contributed by atoms with Crippen molar-refractivity contribution < 1.29 is 4.74 Å². The van der Waals surface area contributed by atoms with E-state index in [9.17, 15) is 0 Å². The van der Waals surface area contributed by atoms with Crippen LogP contribution in [0.5, 0.6) is 0 Å². The molecule has 0 aromatic carbocycles. The molecule has 1 aromatic heterocycles. The Morgan fingerprint density at radius 3 is 2.74 bits per heavy atom. The van der Waals surface area contributed by atoms with Crippen molar-refractivity contribution in [2.45, 2.75) is 57.1 Å². The number of methoxy groups -OCH3 is 1. The molecule has 1 saturated carbocycles. The van der Waals surface area contributed by atoms with Crippen LogP contribution < -0.4 is 5.32 Å². The Labute approximate surface area is 116 Å². The van der Waals surface area contributed by atoms with E-state index in [1.165, 1.54) is 24.8 Å². The number of nitrogens with one attached hydrogen (secondary N) is 1. The fraction of sp³-hybridized carbons (Fsp3) is 0.688. The summed E-state index contributed by atoms with van der Waals surface area (Å²) in [5.74, 6) is 0. The SMILES string of the molecule is CCCNC(c1cccnc1)C1(OC)CCCCC1. The lowest BCUT2D eigenvalue weighted by Crippen LogP contribution is -2.47. The maximum absolute atomic E-state index is 6.00. The van der Waals surface area contributed by atoms with Crippen molar-refractivity contribution in [2.24, 2.45) is 0 Å². The Bertz CT molecular complexity index is 360. The number of aromatic nitrogens is 1. The fourth-order valence-electron chi connectivity index (χ4n) is 3.20. The minimum atomic E-state index is -0.0591. The van der Waals surface area contributed by atoms with Gasteiger partial charge in [-0.3, -0.25) is 4.98 Å². The highest BCUT2D eigenvalue weighted by molar-refractivity contribution is 5.19. The van der Waals surface area contributed by atoms with Gasteiger partial charge in [0.05, 0.1) is 11.6 Å². The third-order valence-electron chi connectivity index (χ3n) is 4.25. The van der Waals surface area contributed by atoms with E-state index < -0.39 is 0 Å². The lowest BCUT2D eigenvalue weighted by Gasteiger charge is -2.43. The summed E-state index contributed by atoms with van der Waals surface area (Å²) in [5, 5.41) is 3.68. The number of hydrogen-bond acceptors (Lipinski definition) is 3. The lowest BCUT2D eigenvalue weighted by molar-refractivity contribution is -0.0688. The average molecular weight is 262 g/mol. The van der Waals surface area contributed by atoms with Gasteiger partial charge in [-0.25, -0.2) is 0 Å². The zero-order chi connectivity index (χ0) is 13.6. The smallest absolute Gasteiger partial charge is 0.0873 e. The molecular formula is C16H26N2O. The molecule has 0 aliphatic heterocycles. The first-order chi connectivity index (χ1) is 9.32. The first kappa shape index (κ1) is 14.5. The Morgan fingerprint density at radius 1 is 1.37 bits per heavy atom. The van der Waals surface area contributed by atoms with Crippen LogP contribution in [0.2, 0.25) is 0 Å². The molecule has 1 N–H and O–H groups in total. The maximum Gasteiger partial charge on any atom is 0.0873 e. The van der Waals surface area contributed by atoms with E-state index >= 15 is 0 Å². The van der Waals surface area contributed by atoms with Crippen molar-refractivity contribution in [3.8, 4) is 0 Å². The number of ether oxygens (including phenoxy) is 1. The van der Waals surface area contributed by atoms with E-state index in [1.54, 1.807) is 0 Å². The summed E-state index contributed by atoms with van der Waals surface area (Å²) in [6.45, 7) is 3.22. The Balaban J connectivity index is 2.24. The molecule has 0 saturated heterocycles. The number of pyridine rings is 1. The minimum absolute atomic E-state index is 0.0591. The first-order valence-corrected chi connectivity index (χ1v) is 7.51. The topological polar surface area (TPSA) is 34.2 Å². The van der Waals surface area contributed by atoms with Crippen LogP contribution in [-0.4, -0.2) is 24.2 Å². The van der Waals surface area contributed by atoms with Gasteiger partial charge in [0.15, 0.2) is 0 Å². The van der Waals surface area contributed by atoms with Gasteiger partial charge < -0.3 is 10.1 Å². The summed E-state index contributed by atoms with van der Waals surface area (Å²) in [7, 11) is 1.86. The summed E-state index contributed by atoms with van der Waals surface area (Å²) in [6.07, 6.45) is 11.1. The van der Waals surface area contributed by atoms with Crippen molar-refractivity contribution in [3.63, 3.8) is 0 Å². The van der Waals surface area contributed by atoms with Crippen molar-refractivity contribution in [2.75, 3.05) is 13.7 Å². The second kappa shape index (κ2) is 7.01. The molecule has 3 heteroatoms. The normalized spacial score (nSPS) is 20.1. The van der Waals surface area contributed by atoms with Crippen molar-refractivity contribution in [3.05, 3.63) is 30.1 Å². The average Bonchev–Trinajstić information content (AvgIpc) is 2.49. The van der Waals surface area contributed by atoms with Gasteiger partial charge in [-0.2, -0.15) is 0 Å². The molecule has 3 nitrogen and oxygen atoms in total. The van der Waals surface area contributed by atoms with Gasteiger partial charge in [0.25, 0.3) is 0 Å². The molecule has 2 rings (SSSR count). The molecule has 1 aliphatic carbocycles. The summed E-state index contributed by atoms with van der Waals surface area (Å²) in [4.78, 5) is 4.28. The summed E-state index contributed by atoms with van der Waals surface area (Å²) in [6, 6.07) is 4.43. The molecule has 1 fully saturated rings. The van der Waals surface area contributed by atoms with Crippen LogP contribution >= 0.6 is 0 Å². The number of hydrogen-bond donors (Lipinski definition) is 1. The molecule has 1 aliphatic rings. The predicted octanol–water partition coefficient (Wildman–Crippen LogP) is 3.47. The third kappa shape index (κ3) is 3.34. The van der Waals surface area contributed by atoms with Crippen molar-refractivity contribution in [1.82, 2.24) is 10.3 Å². The molecule has 1 heterocycles. The number of nitrogens with zero attached hydrogens (tertiary/aromatic N) is 1. The van der Waals surface area contributed by atoms with Gasteiger partial charge in [-0.05, 0) is 37.4 Å². The van der Waals surface area contributed by atoms with E-state index in [-0.39, 0.29) is 11.6 Å². The highest BCUT2D eigenvalue weighted by Crippen LogP contribution is 2.40. The van der Waals surface area contributed by atoms with Gasteiger partial charge in [0.1, 0.15) is 0 Å². The van der Waals surface area contributed by atoms with Crippen LogP contribution in [0.15, 0.2) is 24.5 Å². The van der Waals surface area contributed by atoms with Crippen LogP contribution in [0.4, 0.5) is 0 Å². The van der Waals surface area contributed by atoms with E-state index in [1.807, 2.05) is 25.6 Å². The van der Waals surface area contributed by atoms with Crippen LogP contribution in [-0.2, 0) is 4.74 Å². The highest BCUT2D eigenvalue weighted by Gasteiger charge is 2.40.